The number of nitrogens with zero attached hydrogens (tertiary/aromatic N) is 1. The first-order valence-electron chi connectivity index (χ1n) is 11.4. The minimum atomic E-state index is -5.45. The van der Waals surface area contributed by atoms with Crippen molar-refractivity contribution in [3.05, 3.63) is 57.5 Å². The van der Waals surface area contributed by atoms with Crippen LogP contribution in [0.5, 0.6) is 5.75 Å². The number of hydrogen-bond donors (Lipinski definition) is 0. The van der Waals surface area contributed by atoms with E-state index in [1.54, 1.807) is 12.1 Å². The second-order valence-electron chi connectivity index (χ2n) is 9.26. The Morgan fingerprint density at radius 3 is 2.34 bits per heavy atom. The smallest absolute Gasteiger partial charge is 0.417 e. The molecule has 4 rings (SSSR count). The summed E-state index contributed by atoms with van der Waals surface area (Å²) in [5, 5.41) is 0. The number of thiophene rings is 1. The maximum Gasteiger partial charge on any atom is 0.417 e. The summed E-state index contributed by atoms with van der Waals surface area (Å²) >= 11 is 1.20. The first-order valence-corrected chi connectivity index (χ1v) is 14.1. The van der Waals surface area contributed by atoms with E-state index in [0.29, 0.717) is 23.3 Å². The number of carbonyl (C=O) groups is 1. The van der Waals surface area contributed by atoms with Crippen LogP contribution in [0, 0.1) is 5.82 Å². The van der Waals surface area contributed by atoms with Gasteiger partial charge in [0.25, 0.3) is 5.91 Å². The second kappa shape index (κ2) is 9.85. The van der Waals surface area contributed by atoms with E-state index in [1.165, 1.54) is 11.3 Å². The molecule has 0 spiro atoms. The SMILES string of the molecule is CS(=O)(=O)N1C(=O)C=C(c2ccc(C3CC3)s2)CC1(c1ccc(OCCCC(F)(F)F)cc1F)C(F)(F)F. The molecule has 2 aliphatic rings. The summed E-state index contributed by atoms with van der Waals surface area (Å²) in [6.45, 7) is -0.481. The van der Waals surface area contributed by atoms with Gasteiger partial charge in [-0.15, -0.1) is 11.3 Å². The lowest BCUT2D eigenvalue weighted by molar-refractivity contribution is -0.222. The van der Waals surface area contributed by atoms with Gasteiger partial charge in [0, 0.05) is 40.3 Å². The molecule has 1 aromatic heterocycles. The topological polar surface area (TPSA) is 63.7 Å². The van der Waals surface area contributed by atoms with Gasteiger partial charge in [0.2, 0.25) is 10.0 Å². The Balaban J connectivity index is 1.76. The van der Waals surface area contributed by atoms with E-state index in [2.05, 4.69) is 0 Å². The van der Waals surface area contributed by atoms with Crippen LogP contribution in [-0.4, -0.2) is 43.8 Å². The zero-order valence-electron chi connectivity index (χ0n) is 19.8. The Labute approximate surface area is 217 Å². The van der Waals surface area contributed by atoms with Gasteiger partial charge in [-0.3, -0.25) is 4.79 Å². The zero-order valence-corrected chi connectivity index (χ0v) is 21.5. The van der Waals surface area contributed by atoms with Crippen molar-refractivity contribution in [2.45, 2.75) is 55.9 Å². The van der Waals surface area contributed by atoms with Crippen molar-refractivity contribution in [1.82, 2.24) is 4.31 Å². The Kier molecular flexibility index (Phi) is 7.36. The molecule has 1 saturated carbocycles. The normalized spacial score (nSPS) is 21.0. The lowest BCUT2D eigenvalue weighted by atomic mass is 9.79. The molecule has 1 fully saturated rings. The third kappa shape index (κ3) is 5.70. The lowest BCUT2D eigenvalue weighted by Crippen LogP contribution is -2.61. The molecule has 0 saturated heterocycles. The van der Waals surface area contributed by atoms with Gasteiger partial charge < -0.3 is 4.74 Å². The molecule has 1 aliphatic carbocycles. The Bertz CT molecular complexity index is 1360. The molecular weight excluding hydrogens is 563 g/mol. The molecule has 1 atom stereocenters. The number of ether oxygens (including phenoxy) is 1. The number of benzene rings is 1. The fraction of sp³-hybridized carbons (Fsp3) is 0.458. The minimum Gasteiger partial charge on any atom is -0.493 e. The van der Waals surface area contributed by atoms with Crippen molar-refractivity contribution in [3.63, 3.8) is 0 Å². The van der Waals surface area contributed by atoms with Gasteiger partial charge in [-0.1, -0.05) is 0 Å². The van der Waals surface area contributed by atoms with Gasteiger partial charge in [0.05, 0.1) is 12.9 Å². The van der Waals surface area contributed by atoms with Gasteiger partial charge in [-0.25, -0.2) is 17.1 Å². The number of sulfonamides is 1. The van der Waals surface area contributed by atoms with Crippen molar-refractivity contribution in [2.75, 3.05) is 12.9 Å². The lowest BCUT2D eigenvalue weighted by Gasteiger charge is -2.46. The maximum atomic E-state index is 15.3. The third-order valence-corrected chi connectivity index (χ3v) is 8.75. The first kappa shape index (κ1) is 28.4. The summed E-state index contributed by atoms with van der Waals surface area (Å²) in [7, 11) is -4.86. The molecular formula is C24H22F7NO4S2. The van der Waals surface area contributed by atoms with Gasteiger partial charge in [-0.2, -0.15) is 26.3 Å². The second-order valence-corrected chi connectivity index (χ2v) is 12.2. The Morgan fingerprint density at radius 2 is 1.79 bits per heavy atom. The number of carbonyl (C=O) groups excluding carboxylic acids is 1. The number of hydrogen-bond acceptors (Lipinski definition) is 5. The summed E-state index contributed by atoms with van der Waals surface area (Å²) in [5.74, 6) is -3.06. The molecule has 1 aromatic carbocycles. The number of halogens is 7. The van der Waals surface area contributed by atoms with E-state index in [-0.39, 0.29) is 21.5 Å². The molecule has 5 nitrogen and oxygen atoms in total. The van der Waals surface area contributed by atoms with Crippen molar-refractivity contribution < 1.29 is 48.7 Å². The van der Waals surface area contributed by atoms with E-state index < -0.39 is 71.1 Å². The molecule has 0 N–H and O–H groups in total. The highest BCUT2D eigenvalue weighted by Crippen LogP contribution is 2.54. The van der Waals surface area contributed by atoms with Crippen LogP contribution in [0.4, 0.5) is 30.7 Å². The summed E-state index contributed by atoms with van der Waals surface area (Å²) in [5.41, 5.74) is -4.82. The molecule has 208 valence electrons. The van der Waals surface area contributed by atoms with Crippen LogP contribution < -0.4 is 4.74 Å². The molecule has 38 heavy (non-hydrogen) atoms. The number of rotatable bonds is 8. The van der Waals surface area contributed by atoms with Crippen LogP contribution in [0.1, 0.15) is 53.3 Å². The van der Waals surface area contributed by atoms with Gasteiger partial charge in [-0.05, 0) is 55.0 Å². The quantitative estimate of drug-likeness (QED) is 0.262. The van der Waals surface area contributed by atoms with Crippen molar-refractivity contribution >= 4 is 32.8 Å². The van der Waals surface area contributed by atoms with Gasteiger partial charge >= 0.3 is 12.4 Å². The molecule has 14 heteroatoms. The third-order valence-electron chi connectivity index (χ3n) is 6.27. The van der Waals surface area contributed by atoms with E-state index in [4.69, 9.17) is 4.74 Å². The summed E-state index contributed by atoms with van der Waals surface area (Å²) in [6.07, 6.45) is -9.47. The Hall–Kier alpha value is -2.61. The fourth-order valence-electron chi connectivity index (χ4n) is 4.47. The predicted octanol–water partition coefficient (Wildman–Crippen LogP) is 6.52. The van der Waals surface area contributed by atoms with E-state index in [1.807, 2.05) is 0 Å². The van der Waals surface area contributed by atoms with E-state index in [9.17, 15) is 39.6 Å². The molecule has 2 heterocycles. The van der Waals surface area contributed by atoms with Crippen molar-refractivity contribution in [2.24, 2.45) is 0 Å². The highest BCUT2D eigenvalue weighted by atomic mass is 32.2. The maximum absolute atomic E-state index is 15.3. The van der Waals surface area contributed by atoms with Crippen molar-refractivity contribution in [1.29, 1.82) is 0 Å². The van der Waals surface area contributed by atoms with Crippen LogP contribution in [0.2, 0.25) is 0 Å². The molecule has 1 aliphatic heterocycles. The van der Waals surface area contributed by atoms with Crippen molar-refractivity contribution in [3.8, 4) is 5.75 Å². The molecule has 0 radical (unpaired) electrons. The average molecular weight is 586 g/mol. The first-order chi connectivity index (χ1) is 17.5. The monoisotopic (exact) mass is 585 g/mol. The zero-order chi connectivity index (χ0) is 28.1. The van der Waals surface area contributed by atoms with Crippen LogP contribution in [0.3, 0.4) is 0 Å². The summed E-state index contributed by atoms with van der Waals surface area (Å²) < 4.78 is 127. The highest BCUT2D eigenvalue weighted by molar-refractivity contribution is 7.89. The predicted molar refractivity (Wildman–Crippen MR) is 125 cm³/mol. The number of alkyl halides is 6. The van der Waals surface area contributed by atoms with Crippen LogP contribution in [0.25, 0.3) is 5.57 Å². The van der Waals surface area contributed by atoms with Crippen LogP contribution >= 0.6 is 11.3 Å². The Morgan fingerprint density at radius 1 is 1.11 bits per heavy atom. The molecule has 2 aromatic rings. The molecule has 0 bridgehead atoms. The van der Waals surface area contributed by atoms with E-state index in [0.717, 1.165) is 29.9 Å². The highest BCUT2D eigenvalue weighted by Gasteiger charge is 2.66. The average Bonchev–Trinajstić information content (AvgIpc) is 3.50. The molecule has 1 unspecified atom stereocenters. The number of amides is 1. The van der Waals surface area contributed by atoms with Crippen LogP contribution in [-0.2, 0) is 20.4 Å². The minimum absolute atomic E-state index is 0.0870. The van der Waals surface area contributed by atoms with Crippen LogP contribution in [0.15, 0.2) is 36.4 Å². The summed E-state index contributed by atoms with van der Waals surface area (Å²) in [6, 6.07) is 5.39. The molecule has 1 amide bonds. The standard InChI is InChI=1S/C24H22F7NO4S2/c1-38(34,35)32-21(33)11-15(20-8-7-19(37-20)14-3-4-14)13-22(32,24(29,30)31)17-6-5-16(12-18(17)25)36-10-2-9-23(26,27)28/h5-8,11-12,14H,2-4,9-10,13H2,1H3. The van der Waals surface area contributed by atoms with Gasteiger partial charge in [0.15, 0.2) is 5.54 Å². The largest absolute Gasteiger partial charge is 0.493 e. The van der Waals surface area contributed by atoms with E-state index >= 15 is 4.39 Å². The fourth-order valence-corrected chi connectivity index (χ4v) is 6.87. The summed E-state index contributed by atoms with van der Waals surface area (Å²) in [4.78, 5) is 14.2. The van der Waals surface area contributed by atoms with Gasteiger partial charge in [0.1, 0.15) is 11.6 Å².